The molecule has 0 atom stereocenters. The monoisotopic (exact) mass is 264 g/mol. The summed E-state index contributed by atoms with van der Waals surface area (Å²) in [6, 6.07) is 12.0. The van der Waals surface area contributed by atoms with Gasteiger partial charge in [0, 0.05) is 10.8 Å². The van der Waals surface area contributed by atoms with Crippen LogP contribution in [0.4, 0.5) is 0 Å². The van der Waals surface area contributed by atoms with Gasteiger partial charge in [0.05, 0.1) is 12.5 Å². The molecule has 0 saturated carbocycles. The Morgan fingerprint density at radius 1 is 0.889 bits per heavy atom. The van der Waals surface area contributed by atoms with Crippen LogP contribution in [0.25, 0.3) is 10.8 Å². The van der Waals surface area contributed by atoms with Gasteiger partial charge in [0.2, 0.25) is 0 Å². The first-order valence-electron chi connectivity index (χ1n) is 6.20. The van der Waals surface area contributed by atoms with E-state index in [9.17, 15) is 0 Å². The lowest BCUT2D eigenvalue weighted by atomic mass is 10.1. The van der Waals surface area contributed by atoms with E-state index >= 15 is 0 Å². The van der Waals surface area contributed by atoms with Crippen molar-refractivity contribution in [3.8, 4) is 11.5 Å². The van der Waals surface area contributed by atoms with Gasteiger partial charge >= 0.3 is 0 Å². The van der Waals surface area contributed by atoms with Crippen molar-refractivity contribution in [1.29, 1.82) is 0 Å². The third-order valence-electron chi connectivity index (χ3n) is 2.64. The molecule has 0 amide bonds. The predicted octanol–water partition coefficient (Wildman–Crippen LogP) is 4.25. The standard InChI is InChI=1S/C15H17ClO2/c1-2-10-17-14-7-8-15(18-11-9-16)13-6-4-3-5-12(13)14/h3-8H,2,9-11H2,1H3. The summed E-state index contributed by atoms with van der Waals surface area (Å²) >= 11 is 5.65. The number of alkyl halides is 1. The molecule has 0 spiro atoms. The van der Waals surface area contributed by atoms with Gasteiger partial charge in [0.1, 0.15) is 18.1 Å². The summed E-state index contributed by atoms with van der Waals surface area (Å²) in [6.07, 6.45) is 0.999. The molecule has 0 heterocycles. The van der Waals surface area contributed by atoms with Crippen LogP contribution < -0.4 is 9.47 Å². The van der Waals surface area contributed by atoms with Crippen LogP contribution in [0.1, 0.15) is 13.3 Å². The first-order chi connectivity index (χ1) is 8.86. The third-order valence-corrected chi connectivity index (χ3v) is 2.79. The molecule has 0 N–H and O–H groups in total. The predicted molar refractivity (Wildman–Crippen MR) is 75.9 cm³/mol. The maximum atomic E-state index is 5.75. The van der Waals surface area contributed by atoms with Gasteiger partial charge in [-0.15, -0.1) is 11.6 Å². The Balaban J connectivity index is 2.38. The van der Waals surface area contributed by atoms with Gasteiger partial charge < -0.3 is 9.47 Å². The molecule has 0 saturated heterocycles. The van der Waals surface area contributed by atoms with Gasteiger partial charge in [-0.2, -0.15) is 0 Å². The quantitative estimate of drug-likeness (QED) is 0.727. The number of ether oxygens (including phenoxy) is 2. The minimum absolute atomic E-state index is 0.489. The van der Waals surface area contributed by atoms with E-state index in [1.54, 1.807) is 0 Å². The van der Waals surface area contributed by atoms with Gasteiger partial charge in [0.25, 0.3) is 0 Å². The zero-order valence-electron chi connectivity index (χ0n) is 10.5. The van der Waals surface area contributed by atoms with Crippen LogP contribution in [-0.2, 0) is 0 Å². The Morgan fingerprint density at radius 3 is 1.94 bits per heavy atom. The summed E-state index contributed by atoms with van der Waals surface area (Å²) in [7, 11) is 0. The second-order valence-electron chi connectivity index (χ2n) is 3.99. The lowest BCUT2D eigenvalue weighted by Crippen LogP contribution is -2.00. The van der Waals surface area contributed by atoms with Crippen LogP contribution >= 0.6 is 11.6 Å². The lowest BCUT2D eigenvalue weighted by Gasteiger charge is -2.12. The molecule has 2 aromatic rings. The average Bonchev–Trinajstić information content (AvgIpc) is 2.43. The summed E-state index contributed by atoms with van der Waals surface area (Å²) in [5, 5.41) is 2.15. The molecule has 0 radical (unpaired) electrons. The van der Waals surface area contributed by atoms with E-state index in [0.717, 1.165) is 35.3 Å². The molecule has 0 aliphatic carbocycles. The highest BCUT2D eigenvalue weighted by Crippen LogP contribution is 2.33. The number of halogens is 1. The lowest BCUT2D eigenvalue weighted by molar-refractivity contribution is 0.319. The van der Waals surface area contributed by atoms with Crippen LogP contribution in [0.3, 0.4) is 0 Å². The van der Waals surface area contributed by atoms with Gasteiger partial charge in [-0.1, -0.05) is 31.2 Å². The summed E-state index contributed by atoms with van der Waals surface area (Å²) < 4.78 is 11.4. The van der Waals surface area contributed by atoms with Crippen LogP contribution in [0.2, 0.25) is 0 Å². The zero-order chi connectivity index (χ0) is 12.8. The second-order valence-corrected chi connectivity index (χ2v) is 4.37. The van der Waals surface area contributed by atoms with E-state index in [4.69, 9.17) is 21.1 Å². The topological polar surface area (TPSA) is 18.5 Å². The maximum absolute atomic E-state index is 5.75. The summed E-state index contributed by atoms with van der Waals surface area (Å²) in [5.74, 6) is 2.25. The number of rotatable bonds is 6. The molecule has 0 aliphatic rings. The number of hydrogen-bond donors (Lipinski definition) is 0. The maximum Gasteiger partial charge on any atom is 0.127 e. The van der Waals surface area contributed by atoms with Crippen molar-refractivity contribution in [2.45, 2.75) is 13.3 Å². The molecule has 96 valence electrons. The molecule has 2 rings (SSSR count). The van der Waals surface area contributed by atoms with E-state index in [1.165, 1.54) is 0 Å². The van der Waals surface area contributed by atoms with Crippen molar-refractivity contribution in [2.24, 2.45) is 0 Å². The van der Waals surface area contributed by atoms with Gasteiger partial charge in [0.15, 0.2) is 0 Å². The summed E-state index contributed by atoms with van der Waals surface area (Å²) in [5.41, 5.74) is 0. The molecule has 2 aromatic carbocycles. The largest absolute Gasteiger partial charge is 0.493 e. The average molecular weight is 265 g/mol. The molecule has 0 aromatic heterocycles. The second kappa shape index (κ2) is 6.50. The van der Waals surface area contributed by atoms with Gasteiger partial charge in [-0.05, 0) is 18.6 Å². The van der Waals surface area contributed by atoms with E-state index in [1.807, 2.05) is 36.4 Å². The first-order valence-corrected chi connectivity index (χ1v) is 6.73. The van der Waals surface area contributed by atoms with Crippen LogP contribution in [0, 0.1) is 0 Å². The summed E-state index contributed by atoms with van der Waals surface area (Å²) in [4.78, 5) is 0. The minimum atomic E-state index is 0.489. The molecule has 0 aliphatic heterocycles. The van der Waals surface area contributed by atoms with Crippen molar-refractivity contribution in [2.75, 3.05) is 19.1 Å². The molecule has 0 unspecified atom stereocenters. The normalized spacial score (nSPS) is 10.6. The fourth-order valence-corrected chi connectivity index (χ4v) is 1.93. The van der Waals surface area contributed by atoms with Gasteiger partial charge in [-0.3, -0.25) is 0 Å². The highest BCUT2D eigenvalue weighted by Gasteiger charge is 2.07. The number of hydrogen-bond acceptors (Lipinski definition) is 2. The molecule has 2 nitrogen and oxygen atoms in total. The highest BCUT2D eigenvalue weighted by atomic mass is 35.5. The van der Waals surface area contributed by atoms with Crippen molar-refractivity contribution in [3.05, 3.63) is 36.4 Å². The number of fused-ring (bicyclic) bond motifs is 1. The summed E-state index contributed by atoms with van der Waals surface area (Å²) in [6.45, 7) is 3.34. The minimum Gasteiger partial charge on any atom is -0.493 e. The highest BCUT2D eigenvalue weighted by molar-refractivity contribution is 6.18. The van der Waals surface area contributed by atoms with Gasteiger partial charge in [-0.25, -0.2) is 0 Å². The fourth-order valence-electron chi connectivity index (χ4n) is 1.86. The molecule has 18 heavy (non-hydrogen) atoms. The molecular formula is C15H17ClO2. The smallest absolute Gasteiger partial charge is 0.127 e. The third kappa shape index (κ3) is 2.88. The Morgan fingerprint density at radius 2 is 1.44 bits per heavy atom. The van der Waals surface area contributed by atoms with Crippen LogP contribution in [0.5, 0.6) is 11.5 Å². The molecule has 3 heteroatoms. The van der Waals surface area contributed by atoms with Crippen molar-refractivity contribution >= 4 is 22.4 Å². The van der Waals surface area contributed by atoms with E-state index in [-0.39, 0.29) is 0 Å². The molecule has 0 bridgehead atoms. The fraction of sp³-hybridized carbons (Fsp3) is 0.333. The first kappa shape index (κ1) is 13.0. The van der Waals surface area contributed by atoms with Crippen LogP contribution in [0.15, 0.2) is 36.4 Å². The number of benzene rings is 2. The SMILES string of the molecule is CCCOc1ccc(OCCCl)c2ccccc12. The molecule has 0 fully saturated rings. The van der Waals surface area contributed by atoms with E-state index in [0.29, 0.717) is 12.5 Å². The molecular weight excluding hydrogens is 248 g/mol. The van der Waals surface area contributed by atoms with Crippen molar-refractivity contribution < 1.29 is 9.47 Å². The Labute approximate surface area is 112 Å². The Bertz CT molecular complexity index is 464. The Hall–Kier alpha value is -1.41. The van der Waals surface area contributed by atoms with E-state index < -0.39 is 0 Å². The zero-order valence-corrected chi connectivity index (χ0v) is 11.2. The van der Waals surface area contributed by atoms with Crippen molar-refractivity contribution in [3.63, 3.8) is 0 Å². The van der Waals surface area contributed by atoms with Crippen LogP contribution in [-0.4, -0.2) is 19.1 Å². The van der Waals surface area contributed by atoms with Crippen molar-refractivity contribution in [1.82, 2.24) is 0 Å². The van der Waals surface area contributed by atoms with E-state index in [2.05, 4.69) is 6.92 Å². The Kier molecular flexibility index (Phi) is 4.71.